The predicted octanol–water partition coefficient (Wildman–Crippen LogP) is 0.0794. The van der Waals surface area contributed by atoms with Crippen molar-refractivity contribution in [1.82, 2.24) is 14.9 Å². The van der Waals surface area contributed by atoms with E-state index in [2.05, 4.69) is 0 Å². The fraction of sp³-hybridized carbons (Fsp3) is 0.842. The van der Waals surface area contributed by atoms with Gasteiger partial charge >= 0.3 is 11.9 Å². The van der Waals surface area contributed by atoms with Crippen LogP contribution in [0.15, 0.2) is 0 Å². The summed E-state index contributed by atoms with van der Waals surface area (Å²) >= 11 is 0. The Balaban J connectivity index is 2.52. The Morgan fingerprint density at radius 3 is 2.03 bits per heavy atom. The van der Waals surface area contributed by atoms with Crippen molar-refractivity contribution >= 4 is 17.8 Å². The molecule has 1 amide bonds. The highest BCUT2D eigenvalue weighted by Gasteiger charge is 2.34. The van der Waals surface area contributed by atoms with E-state index in [0.29, 0.717) is 25.9 Å². The number of amides is 1. The Bertz CT molecular complexity index is 552. The topological polar surface area (TPSA) is 120 Å². The summed E-state index contributed by atoms with van der Waals surface area (Å²) in [5.41, 5.74) is -0.593. The number of aliphatic hydroxyl groups excluding tert-OH is 2. The molecule has 1 aliphatic heterocycles. The van der Waals surface area contributed by atoms with Crippen LogP contribution in [0.3, 0.4) is 0 Å². The van der Waals surface area contributed by atoms with E-state index < -0.39 is 30.0 Å². The van der Waals surface area contributed by atoms with Gasteiger partial charge in [-0.2, -0.15) is 0 Å². The Hall–Kier alpha value is -1.75. The van der Waals surface area contributed by atoms with Crippen LogP contribution in [0.1, 0.15) is 52.9 Å². The summed E-state index contributed by atoms with van der Waals surface area (Å²) < 4.78 is 5.27. The van der Waals surface area contributed by atoms with E-state index >= 15 is 0 Å². The fourth-order valence-corrected chi connectivity index (χ4v) is 2.70. The zero-order valence-corrected chi connectivity index (χ0v) is 18.1. The number of esters is 1. The van der Waals surface area contributed by atoms with Crippen LogP contribution in [0, 0.1) is 0 Å². The monoisotopic (exact) mass is 417 g/mol. The minimum absolute atomic E-state index is 0.0625. The van der Waals surface area contributed by atoms with Crippen molar-refractivity contribution in [3.05, 3.63) is 0 Å². The minimum Gasteiger partial charge on any atom is -0.460 e. The number of ether oxygens (including phenoxy) is 1. The Kier molecular flexibility index (Phi) is 9.97. The highest BCUT2D eigenvalue weighted by atomic mass is 16.7. The lowest BCUT2D eigenvalue weighted by Gasteiger charge is -2.26. The lowest BCUT2D eigenvalue weighted by Crippen LogP contribution is -2.40. The first-order valence-electron chi connectivity index (χ1n) is 9.88. The molecular formula is C19H35N3O7. The summed E-state index contributed by atoms with van der Waals surface area (Å²) in [4.78, 5) is 44.9. The molecule has 10 nitrogen and oxygen atoms in total. The largest absolute Gasteiger partial charge is 0.460 e. The smallest absolute Gasteiger partial charge is 0.325 e. The van der Waals surface area contributed by atoms with Gasteiger partial charge in [0.15, 0.2) is 0 Å². The molecule has 0 radical (unpaired) electrons. The van der Waals surface area contributed by atoms with E-state index in [1.54, 1.807) is 20.8 Å². The zero-order valence-electron chi connectivity index (χ0n) is 18.1. The number of carbonyl (C=O) groups is 3. The van der Waals surface area contributed by atoms with E-state index in [0.717, 1.165) is 5.06 Å². The van der Waals surface area contributed by atoms with E-state index in [1.807, 2.05) is 19.0 Å². The first-order chi connectivity index (χ1) is 13.4. The second kappa shape index (κ2) is 11.4. The van der Waals surface area contributed by atoms with Crippen LogP contribution < -0.4 is 0 Å². The average molecular weight is 418 g/mol. The van der Waals surface area contributed by atoms with Crippen LogP contribution in [-0.2, 0) is 24.0 Å². The van der Waals surface area contributed by atoms with E-state index in [4.69, 9.17) is 9.57 Å². The first-order valence-corrected chi connectivity index (χ1v) is 9.88. The van der Waals surface area contributed by atoms with Crippen molar-refractivity contribution in [3.63, 3.8) is 0 Å². The zero-order chi connectivity index (χ0) is 22.2. The van der Waals surface area contributed by atoms with Gasteiger partial charge in [-0.05, 0) is 47.7 Å². The van der Waals surface area contributed by atoms with Gasteiger partial charge in [-0.1, -0.05) is 5.06 Å². The fourth-order valence-electron chi connectivity index (χ4n) is 2.70. The van der Waals surface area contributed by atoms with Gasteiger partial charge in [0.05, 0.1) is 12.8 Å². The lowest BCUT2D eigenvalue weighted by atomic mass is 10.2. The van der Waals surface area contributed by atoms with Crippen molar-refractivity contribution in [2.24, 2.45) is 0 Å². The number of rotatable bonds is 10. The number of hydrogen-bond acceptors (Lipinski definition) is 9. The Morgan fingerprint density at radius 1 is 0.931 bits per heavy atom. The molecule has 10 heteroatoms. The molecule has 168 valence electrons. The molecular weight excluding hydrogens is 382 g/mol. The molecule has 1 rings (SSSR count). The summed E-state index contributed by atoms with van der Waals surface area (Å²) in [7, 11) is 3.75. The average Bonchev–Trinajstić information content (AvgIpc) is 2.90. The Labute approximate surface area is 172 Å². The highest BCUT2D eigenvalue weighted by molar-refractivity contribution is 5.81. The Morgan fingerprint density at radius 2 is 1.52 bits per heavy atom. The quantitative estimate of drug-likeness (QED) is 0.476. The number of nitrogens with zero attached hydrogens (tertiary/aromatic N) is 3. The molecule has 0 spiro atoms. The molecule has 0 aliphatic carbocycles. The van der Waals surface area contributed by atoms with Crippen molar-refractivity contribution in [2.75, 3.05) is 33.7 Å². The summed E-state index contributed by atoms with van der Waals surface area (Å²) in [5.74, 6) is -1.38. The molecule has 0 saturated carbocycles. The van der Waals surface area contributed by atoms with Gasteiger partial charge in [-0.15, -0.1) is 0 Å². The molecule has 1 fully saturated rings. The predicted molar refractivity (Wildman–Crippen MR) is 104 cm³/mol. The third-order valence-corrected chi connectivity index (χ3v) is 4.20. The molecule has 0 aromatic rings. The third kappa shape index (κ3) is 10.0. The van der Waals surface area contributed by atoms with E-state index in [-0.39, 0.29) is 31.7 Å². The molecule has 1 heterocycles. The lowest BCUT2D eigenvalue weighted by molar-refractivity contribution is -0.261. The number of hydroxylamine groups is 2. The molecule has 2 unspecified atom stereocenters. The molecule has 29 heavy (non-hydrogen) atoms. The maximum atomic E-state index is 12.6. The van der Waals surface area contributed by atoms with Crippen molar-refractivity contribution in [3.8, 4) is 0 Å². The molecule has 0 aromatic heterocycles. The number of carbonyl (C=O) groups excluding carboxylic acids is 3. The van der Waals surface area contributed by atoms with Gasteiger partial charge in [0.25, 0.3) is 0 Å². The maximum Gasteiger partial charge on any atom is 0.325 e. The summed E-state index contributed by atoms with van der Waals surface area (Å²) in [6, 6.07) is 0. The first kappa shape index (κ1) is 25.3. The SMILES string of the molecule is CN(C)CCN(CCC(=O)OC(C)(C)C)C(=O)CCC(=O)ON1C(O)CCC1O. The van der Waals surface area contributed by atoms with Crippen LogP contribution in [0.5, 0.6) is 0 Å². The molecule has 0 aromatic carbocycles. The molecule has 1 aliphatic rings. The van der Waals surface area contributed by atoms with Crippen molar-refractivity contribution in [1.29, 1.82) is 0 Å². The summed E-state index contributed by atoms with van der Waals surface area (Å²) in [6.07, 6.45) is -1.72. The van der Waals surface area contributed by atoms with Crippen LogP contribution in [0.25, 0.3) is 0 Å². The van der Waals surface area contributed by atoms with Crippen molar-refractivity contribution in [2.45, 2.75) is 70.9 Å². The van der Waals surface area contributed by atoms with E-state index in [9.17, 15) is 24.6 Å². The van der Waals surface area contributed by atoms with Crippen molar-refractivity contribution < 1.29 is 34.2 Å². The van der Waals surface area contributed by atoms with Gasteiger partial charge in [-0.25, -0.2) is 0 Å². The third-order valence-electron chi connectivity index (χ3n) is 4.20. The number of likely N-dealkylation sites (N-methyl/N-ethyl adjacent to an activating group) is 1. The van der Waals surface area contributed by atoms with Gasteiger partial charge in [0.2, 0.25) is 5.91 Å². The molecule has 2 atom stereocenters. The van der Waals surface area contributed by atoms with Crippen LogP contribution in [0.2, 0.25) is 0 Å². The second-order valence-electron chi connectivity index (χ2n) is 8.38. The second-order valence-corrected chi connectivity index (χ2v) is 8.38. The van der Waals surface area contributed by atoms with Gasteiger partial charge in [-0.3, -0.25) is 14.4 Å². The molecule has 0 bridgehead atoms. The number of aliphatic hydroxyl groups is 2. The van der Waals surface area contributed by atoms with Gasteiger partial charge < -0.3 is 29.6 Å². The van der Waals surface area contributed by atoms with E-state index in [1.165, 1.54) is 4.90 Å². The molecule has 1 saturated heterocycles. The highest BCUT2D eigenvalue weighted by Crippen LogP contribution is 2.21. The van der Waals surface area contributed by atoms with Crippen LogP contribution in [-0.4, -0.2) is 94.7 Å². The van der Waals surface area contributed by atoms with Crippen LogP contribution >= 0.6 is 0 Å². The normalized spacial score (nSPS) is 20.0. The van der Waals surface area contributed by atoms with Gasteiger partial charge in [0.1, 0.15) is 18.1 Å². The van der Waals surface area contributed by atoms with Crippen LogP contribution in [0.4, 0.5) is 0 Å². The summed E-state index contributed by atoms with van der Waals surface area (Å²) in [6.45, 7) is 6.54. The van der Waals surface area contributed by atoms with Gasteiger partial charge in [0, 0.05) is 26.1 Å². The maximum absolute atomic E-state index is 12.6. The standard InChI is InChI=1S/C19H35N3O7/c1-19(2,3)28-17(26)10-11-21(13-12-20(4)5)14(23)8-9-18(27)29-22-15(24)6-7-16(22)25/h15-16,24-25H,6-13H2,1-5H3. The number of hydrogen-bond donors (Lipinski definition) is 2. The minimum atomic E-state index is -1.05. The molecule has 2 N–H and O–H groups in total. The summed E-state index contributed by atoms with van der Waals surface area (Å²) in [5, 5.41) is 20.2.